The van der Waals surface area contributed by atoms with Crippen LogP contribution in [0.4, 0.5) is 0 Å². The Morgan fingerprint density at radius 1 is 1.06 bits per heavy atom. The Morgan fingerprint density at radius 3 is 2.78 bits per heavy atom. The fraction of sp³-hybridized carbons (Fsp3) is 0.133. The van der Waals surface area contributed by atoms with Crippen molar-refractivity contribution in [2.45, 2.75) is 6.92 Å². The van der Waals surface area contributed by atoms with E-state index in [0.717, 1.165) is 28.2 Å². The zero-order chi connectivity index (χ0) is 12.5. The van der Waals surface area contributed by atoms with E-state index in [1.807, 2.05) is 41.8 Å². The number of imidazole rings is 1. The summed E-state index contributed by atoms with van der Waals surface area (Å²) in [6.45, 7) is 2.00. The molecule has 0 fully saturated rings. The molecule has 0 N–H and O–H groups in total. The highest BCUT2D eigenvalue weighted by Crippen LogP contribution is 2.24. The summed E-state index contributed by atoms with van der Waals surface area (Å²) in [5, 5.41) is 0. The lowest BCUT2D eigenvalue weighted by molar-refractivity contribution is 0.415. The van der Waals surface area contributed by atoms with Crippen molar-refractivity contribution in [1.82, 2.24) is 9.38 Å². The van der Waals surface area contributed by atoms with Gasteiger partial charge in [-0.05, 0) is 42.3 Å². The molecule has 0 aliphatic rings. The third-order valence-electron chi connectivity index (χ3n) is 2.97. The van der Waals surface area contributed by atoms with Crippen molar-refractivity contribution in [3.63, 3.8) is 0 Å². The Labute approximate surface area is 106 Å². The molecule has 90 valence electrons. The van der Waals surface area contributed by atoms with Gasteiger partial charge in [0.05, 0.1) is 12.8 Å². The maximum atomic E-state index is 5.25. The standard InChI is InChI=1S/C15H14N2O/c1-11-9-17-10-13(6-7-15(17)16-11)12-4-3-5-14(8-12)18-2/h3-10H,1-2H3. The normalized spacial score (nSPS) is 10.8. The minimum Gasteiger partial charge on any atom is -0.497 e. The average molecular weight is 238 g/mol. The van der Waals surface area contributed by atoms with Gasteiger partial charge in [-0.2, -0.15) is 0 Å². The molecule has 3 nitrogen and oxygen atoms in total. The van der Waals surface area contributed by atoms with Crippen LogP contribution in [0.3, 0.4) is 0 Å². The van der Waals surface area contributed by atoms with E-state index in [9.17, 15) is 0 Å². The summed E-state index contributed by atoms with van der Waals surface area (Å²) in [7, 11) is 1.68. The smallest absolute Gasteiger partial charge is 0.136 e. The molecule has 0 saturated carbocycles. The predicted molar refractivity (Wildman–Crippen MR) is 71.9 cm³/mol. The van der Waals surface area contributed by atoms with E-state index in [1.165, 1.54) is 0 Å². The van der Waals surface area contributed by atoms with Gasteiger partial charge >= 0.3 is 0 Å². The summed E-state index contributed by atoms with van der Waals surface area (Å²) in [4.78, 5) is 4.42. The van der Waals surface area contributed by atoms with Crippen LogP contribution in [-0.4, -0.2) is 16.5 Å². The minimum atomic E-state index is 0.870. The summed E-state index contributed by atoms with van der Waals surface area (Å²) in [6.07, 6.45) is 4.11. The van der Waals surface area contributed by atoms with Crippen LogP contribution in [-0.2, 0) is 0 Å². The van der Waals surface area contributed by atoms with E-state index in [2.05, 4.69) is 23.3 Å². The molecule has 3 heteroatoms. The van der Waals surface area contributed by atoms with E-state index < -0.39 is 0 Å². The molecule has 3 rings (SSSR count). The topological polar surface area (TPSA) is 26.5 Å². The van der Waals surface area contributed by atoms with E-state index in [0.29, 0.717) is 0 Å². The highest BCUT2D eigenvalue weighted by atomic mass is 16.5. The van der Waals surface area contributed by atoms with Gasteiger partial charge in [0.2, 0.25) is 0 Å². The molecule has 0 spiro atoms. The third kappa shape index (κ3) is 1.84. The van der Waals surface area contributed by atoms with Crippen LogP contribution >= 0.6 is 0 Å². The first-order valence-corrected chi connectivity index (χ1v) is 5.86. The summed E-state index contributed by atoms with van der Waals surface area (Å²) in [5.74, 6) is 0.870. The number of hydrogen-bond acceptors (Lipinski definition) is 2. The van der Waals surface area contributed by atoms with Gasteiger partial charge in [0, 0.05) is 12.4 Å². The Kier molecular flexibility index (Phi) is 2.52. The summed E-state index contributed by atoms with van der Waals surface area (Å²) >= 11 is 0. The van der Waals surface area contributed by atoms with Crippen LogP contribution in [0.5, 0.6) is 5.75 Å². The minimum absolute atomic E-state index is 0.870. The lowest BCUT2D eigenvalue weighted by atomic mass is 10.1. The van der Waals surface area contributed by atoms with E-state index in [-0.39, 0.29) is 0 Å². The molecule has 0 aliphatic carbocycles. The first-order chi connectivity index (χ1) is 8.76. The van der Waals surface area contributed by atoms with Crippen LogP contribution in [0, 0.1) is 6.92 Å². The van der Waals surface area contributed by atoms with Gasteiger partial charge in [-0.3, -0.25) is 0 Å². The summed E-state index contributed by atoms with van der Waals surface area (Å²) in [5.41, 5.74) is 4.29. The van der Waals surface area contributed by atoms with Gasteiger partial charge < -0.3 is 9.14 Å². The third-order valence-corrected chi connectivity index (χ3v) is 2.97. The molecule has 18 heavy (non-hydrogen) atoms. The molecule has 3 aromatic rings. The van der Waals surface area contributed by atoms with Crippen molar-refractivity contribution in [3.8, 4) is 16.9 Å². The molecular weight excluding hydrogens is 224 g/mol. The molecule has 0 amide bonds. The molecule has 0 saturated heterocycles. The lowest BCUT2D eigenvalue weighted by Crippen LogP contribution is -1.87. The number of pyridine rings is 1. The second-order valence-corrected chi connectivity index (χ2v) is 4.30. The highest BCUT2D eigenvalue weighted by Gasteiger charge is 2.02. The van der Waals surface area contributed by atoms with Gasteiger partial charge in [0.15, 0.2) is 0 Å². The number of hydrogen-bond donors (Lipinski definition) is 0. The Morgan fingerprint density at radius 2 is 1.94 bits per heavy atom. The molecule has 2 aromatic heterocycles. The van der Waals surface area contributed by atoms with Crippen LogP contribution in [0.2, 0.25) is 0 Å². The first kappa shape index (κ1) is 10.8. The molecular formula is C15H14N2O. The molecule has 0 atom stereocenters. The van der Waals surface area contributed by atoms with E-state index in [1.54, 1.807) is 7.11 Å². The van der Waals surface area contributed by atoms with Crippen LogP contribution < -0.4 is 4.74 Å². The second kappa shape index (κ2) is 4.18. The fourth-order valence-corrected chi connectivity index (χ4v) is 2.09. The molecule has 2 heterocycles. The van der Waals surface area contributed by atoms with Crippen molar-refractivity contribution in [2.75, 3.05) is 7.11 Å². The van der Waals surface area contributed by atoms with Gasteiger partial charge in [-0.15, -0.1) is 0 Å². The average Bonchev–Trinajstić information content (AvgIpc) is 2.77. The van der Waals surface area contributed by atoms with E-state index >= 15 is 0 Å². The largest absolute Gasteiger partial charge is 0.497 e. The summed E-state index contributed by atoms with van der Waals surface area (Å²) < 4.78 is 7.29. The number of nitrogens with zero attached hydrogens (tertiary/aromatic N) is 2. The van der Waals surface area contributed by atoms with Gasteiger partial charge in [0.1, 0.15) is 11.4 Å². The maximum Gasteiger partial charge on any atom is 0.136 e. The number of methoxy groups -OCH3 is 1. The SMILES string of the molecule is COc1cccc(-c2ccc3nc(C)cn3c2)c1. The van der Waals surface area contributed by atoms with Gasteiger partial charge in [-0.1, -0.05) is 12.1 Å². The van der Waals surface area contributed by atoms with Crippen molar-refractivity contribution in [2.24, 2.45) is 0 Å². The number of aryl methyl sites for hydroxylation is 1. The van der Waals surface area contributed by atoms with E-state index in [4.69, 9.17) is 4.74 Å². The van der Waals surface area contributed by atoms with Crippen molar-refractivity contribution >= 4 is 5.65 Å². The highest BCUT2D eigenvalue weighted by molar-refractivity contribution is 5.66. The van der Waals surface area contributed by atoms with Crippen molar-refractivity contribution in [1.29, 1.82) is 0 Å². The molecule has 1 aromatic carbocycles. The van der Waals surface area contributed by atoms with Gasteiger partial charge in [-0.25, -0.2) is 4.98 Å². The summed E-state index contributed by atoms with van der Waals surface area (Å²) in [6, 6.07) is 12.2. The Balaban J connectivity index is 2.12. The number of fused-ring (bicyclic) bond motifs is 1. The quantitative estimate of drug-likeness (QED) is 0.684. The van der Waals surface area contributed by atoms with Crippen LogP contribution in [0.1, 0.15) is 5.69 Å². The van der Waals surface area contributed by atoms with Crippen molar-refractivity contribution < 1.29 is 4.74 Å². The van der Waals surface area contributed by atoms with Crippen molar-refractivity contribution in [3.05, 3.63) is 54.5 Å². The van der Waals surface area contributed by atoms with Gasteiger partial charge in [0.25, 0.3) is 0 Å². The molecule has 0 unspecified atom stereocenters. The zero-order valence-electron chi connectivity index (χ0n) is 10.4. The Bertz CT molecular complexity index is 701. The second-order valence-electron chi connectivity index (χ2n) is 4.30. The Hall–Kier alpha value is -2.29. The molecule has 0 bridgehead atoms. The number of aromatic nitrogens is 2. The lowest BCUT2D eigenvalue weighted by Gasteiger charge is -2.05. The maximum absolute atomic E-state index is 5.25. The molecule has 0 aliphatic heterocycles. The first-order valence-electron chi connectivity index (χ1n) is 5.86. The molecule has 0 radical (unpaired) electrons. The van der Waals surface area contributed by atoms with Crippen LogP contribution in [0.15, 0.2) is 48.8 Å². The zero-order valence-corrected chi connectivity index (χ0v) is 10.4. The number of ether oxygens (including phenoxy) is 1. The fourth-order valence-electron chi connectivity index (χ4n) is 2.09. The monoisotopic (exact) mass is 238 g/mol. The van der Waals surface area contributed by atoms with Crippen LogP contribution in [0.25, 0.3) is 16.8 Å². The predicted octanol–water partition coefficient (Wildman–Crippen LogP) is 3.32. The number of rotatable bonds is 2. The number of benzene rings is 1.